The average Bonchev–Trinajstić information content (AvgIpc) is 2.61. The van der Waals surface area contributed by atoms with Crippen molar-refractivity contribution in [3.63, 3.8) is 0 Å². The van der Waals surface area contributed by atoms with E-state index in [1.807, 2.05) is 13.8 Å². The molecule has 134 valence electrons. The predicted octanol–water partition coefficient (Wildman–Crippen LogP) is 3.49. The van der Waals surface area contributed by atoms with Crippen molar-refractivity contribution in [1.29, 1.82) is 0 Å². The maximum Gasteiger partial charge on any atom is 0.0104 e. The van der Waals surface area contributed by atoms with Crippen LogP contribution in [0.1, 0.15) is 39.2 Å². The Hall–Kier alpha value is -0.900. The zero-order chi connectivity index (χ0) is 17.7. The van der Waals surface area contributed by atoms with Crippen molar-refractivity contribution in [2.45, 2.75) is 46.1 Å². The van der Waals surface area contributed by atoms with Crippen molar-refractivity contribution >= 4 is 0 Å². The maximum atomic E-state index is 4.50. The van der Waals surface area contributed by atoms with E-state index in [-0.39, 0.29) is 0 Å². The molecule has 1 aliphatic rings. The van der Waals surface area contributed by atoms with E-state index in [9.17, 15) is 0 Å². The zero-order valence-corrected chi connectivity index (χ0v) is 16.3. The summed E-state index contributed by atoms with van der Waals surface area (Å²) >= 11 is 0. The van der Waals surface area contributed by atoms with Gasteiger partial charge in [-0.2, -0.15) is 0 Å². The number of hydrogen-bond acceptors (Lipinski definition) is 3. The fraction of sp³-hybridized carbons (Fsp3) is 0.700. The molecular weight excluding hydrogens is 282 g/mol. The molecule has 1 aromatic rings. The van der Waals surface area contributed by atoms with Gasteiger partial charge in [-0.05, 0) is 71.9 Å². The molecule has 1 fully saturated rings. The second kappa shape index (κ2) is 13.5. The number of rotatable bonds is 5. The van der Waals surface area contributed by atoms with Crippen LogP contribution in [0.5, 0.6) is 0 Å². The van der Waals surface area contributed by atoms with Gasteiger partial charge in [-0.1, -0.05) is 44.2 Å². The molecule has 3 nitrogen and oxygen atoms in total. The molecule has 23 heavy (non-hydrogen) atoms. The topological polar surface area (TPSA) is 32.5 Å². The number of nitrogens with two attached hydrogens (primary N) is 1. The molecule has 0 bridgehead atoms. The minimum absolute atomic E-state index is 0.627. The lowest BCUT2D eigenvalue weighted by atomic mass is 9.95. The minimum atomic E-state index is 0.627. The Balaban J connectivity index is 0.00000112. The Bertz CT molecular complexity index is 358. The van der Waals surface area contributed by atoms with E-state index in [0.717, 1.165) is 12.3 Å². The first-order valence-corrected chi connectivity index (χ1v) is 9.15. The fourth-order valence-electron chi connectivity index (χ4n) is 2.94. The first-order valence-electron chi connectivity index (χ1n) is 9.15. The molecule has 2 N–H and O–H groups in total. The van der Waals surface area contributed by atoms with Gasteiger partial charge < -0.3 is 15.5 Å². The molecule has 0 saturated carbocycles. The molecule has 0 spiro atoms. The van der Waals surface area contributed by atoms with Gasteiger partial charge in [0.05, 0.1) is 0 Å². The summed E-state index contributed by atoms with van der Waals surface area (Å²) in [7, 11) is 6.02. The van der Waals surface area contributed by atoms with Gasteiger partial charge in [-0.3, -0.25) is 0 Å². The minimum Gasteiger partial charge on any atom is -0.333 e. The monoisotopic (exact) mass is 321 g/mol. The smallest absolute Gasteiger partial charge is 0.0104 e. The van der Waals surface area contributed by atoms with Gasteiger partial charge in [-0.25, -0.2) is 0 Å². The highest BCUT2D eigenvalue weighted by atomic mass is 15.1. The van der Waals surface area contributed by atoms with E-state index in [2.05, 4.69) is 66.9 Å². The molecule has 0 aliphatic carbocycles. The molecular formula is C20H39N3. The van der Waals surface area contributed by atoms with E-state index >= 15 is 0 Å². The highest BCUT2D eigenvalue weighted by Gasteiger charge is 2.20. The summed E-state index contributed by atoms with van der Waals surface area (Å²) < 4.78 is 0. The molecule has 2 rings (SSSR count). The largest absolute Gasteiger partial charge is 0.333 e. The third-order valence-corrected chi connectivity index (χ3v) is 4.51. The van der Waals surface area contributed by atoms with E-state index in [0.29, 0.717) is 6.04 Å². The zero-order valence-electron chi connectivity index (χ0n) is 16.3. The summed E-state index contributed by atoms with van der Waals surface area (Å²) in [6, 6.07) is 11.5. The van der Waals surface area contributed by atoms with Gasteiger partial charge in [0, 0.05) is 12.6 Å². The van der Waals surface area contributed by atoms with Crippen LogP contribution in [0.25, 0.3) is 0 Å². The Kier molecular flexibility index (Phi) is 13.0. The molecule has 1 aliphatic heterocycles. The quantitative estimate of drug-likeness (QED) is 0.901. The summed E-state index contributed by atoms with van der Waals surface area (Å²) in [6.45, 7) is 10.1. The van der Waals surface area contributed by atoms with E-state index in [4.69, 9.17) is 0 Å². The van der Waals surface area contributed by atoms with Gasteiger partial charge >= 0.3 is 0 Å². The molecule has 0 radical (unpaired) electrons. The molecule has 3 heteroatoms. The molecule has 1 aromatic carbocycles. The van der Waals surface area contributed by atoms with Crippen molar-refractivity contribution in [1.82, 2.24) is 9.80 Å². The first kappa shape index (κ1) is 22.1. The molecule has 1 atom stereocenters. The van der Waals surface area contributed by atoms with Crippen LogP contribution in [-0.4, -0.2) is 56.6 Å². The van der Waals surface area contributed by atoms with Crippen LogP contribution in [-0.2, 0) is 6.42 Å². The Labute approximate surface area is 144 Å². The third-order valence-electron chi connectivity index (χ3n) is 4.51. The van der Waals surface area contributed by atoms with Crippen molar-refractivity contribution < 1.29 is 0 Å². The number of likely N-dealkylation sites (tertiary alicyclic amines) is 1. The summed E-state index contributed by atoms with van der Waals surface area (Å²) in [5.74, 6) is 0.888. The number of benzene rings is 1. The summed E-state index contributed by atoms with van der Waals surface area (Å²) in [6.07, 6.45) is 3.88. The van der Waals surface area contributed by atoms with Crippen molar-refractivity contribution in [2.24, 2.45) is 11.7 Å². The van der Waals surface area contributed by atoms with Crippen LogP contribution >= 0.6 is 0 Å². The maximum absolute atomic E-state index is 4.50. The first-order chi connectivity index (χ1) is 11.1. The molecule has 0 aromatic heterocycles. The highest BCUT2D eigenvalue weighted by molar-refractivity contribution is 5.15. The van der Waals surface area contributed by atoms with Crippen LogP contribution in [0, 0.1) is 5.92 Å². The number of nitrogens with zero attached hydrogens (tertiary/aromatic N) is 2. The lowest BCUT2D eigenvalue weighted by molar-refractivity contribution is 0.154. The summed E-state index contributed by atoms with van der Waals surface area (Å²) in [5, 5.41) is 0. The van der Waals surface area contributed by atoms with Gasteiger partial charge in [0.1, 0.15) is 0 Å². The van der Waals surface area contributed by atoms with Crippen LogP contribution < -0.4 is 5.73 Å². The second-order valence-electron chi connectivity index (χ2n) is 6.22. The second-order valence-corrected chi connectivity index (χ2v) is 6.22. The van der Waals surface area contributed by atoms with Gasteiger partial charge in [0.2, 0.25) is 0 Å². The number of likely N-dealkylation sites (N-methyl/N-ethyl adjacent to an activating group) is 1. The molecule has 1 saturated heterocycles. The van der Waals surface area contributed by atoms with Crippen molar-refractivity contribution in [2.75, 3.05) is 40.8 Å². The average molecular weight is 322 g/mol. The number of hydrogen-bond donors (Lipinski definition) is 1. The highest BCUT2D eigenvalue weighted by Crippen LogP contribution is 2.18. The summed E-state index contributed by atoms with van der Waals surface area (Å²) in [4.78, 5) is 4.99. The van der Waals surface area contributed by atoms with E-state index in [1.54, 1.807) is 0 Å². The van der Waals surface area contributed by atoms with Crippen molar-refractivity contribution in [3.8, 4) is 0 Å². The molecule has 1 unspecified atom stereocenters. The van der Waals surface area contributed by atoms with E-state index in [1.165, 1.54) is 45.1 Å². The van der Waals surface area contributed by atoms with Gasteiger partial charge in [0.25, 0.3) is 0 Å². The van der Waals surface area contributed by atoms with Crippen molar-refractivity contribution in [3.05, 3.63) is 35.9 Å². The lowest BCUT2D eigenvalue weighted by Gasteiger charge is -2.34. The SMILES string of the molecule is CC.CC(Cc1ccccc1)N(C)CC1CCN(C)CC1.CN. The molecule has 0 amide bonds. The summed E-state index contributed by atoms with van der Waals surface area (Å²) in [5.41, 5.74) is 5.95. The lowest BCUT2D eigenvalue weighted by Crippen LogP contribution is -2.39. The van der Waals surface area contributed by atoms with Crippen LogP contribution in [0.2, 0.25) is 0 Å². The Morgan fingerprint density at radius 3 is 2.17 bits per heavy atom. The number of piperidine rings is 1. The van der Waals surface area contributed by atoms with Gasteiger partial charge in [0.15, 0.2) is 0 Å². The Morgan fingerprint density at radius 1 is 1.13 bits per heavy atom. The van der Waals surface area contributed by atoms with Crippen LogP contribution in [0.4, 0.5) is 0 Å². The molecule has 1 heterocycles. The predicted molar refractivity (Wildman–Crippen MR) is 104 cm³/mol. The fourth-order valence-corrected chi connectivity index (χ4v) is 2.94. The van der Waals surface area contributed by atoms with E-state index < -0.39 is 0 Å². The Morgan fingerprint density at radius 2 is 1.65 bits per heavy atom. The van der Waals surface area contributed by atoms with Crippen LogP contribution in [0.15, 0.2) is 30.3 Å². The normalized spacial score (nSPS) is 16.9. The van der Waals surface area contributed by atoms with Gasteiger partial charge in [-0.15, -0.1) is 0 Å². The standard InChI is InChI=1S/C17H28N2.C2H6.CH5N/c1-15(13-16-7-5-4-6-8-16)19(3)14-17-9-11-18(2)12-10-17;2*1-2/h4-8,15,17H,9-14H2,1-3H3;1-2H3;2H2,1H3. The third kappa shape index (κ3) is 9.09. The van der Waals surface area contributed by atoms with Crippen LogP contribution in [0.3, 0.4) is 0 Å².